The van der Waals surface area contributed by atoms with E-state index in [9.17, 15) is 14.4 Å². The van der Waals surface area contributed by atoms with Crippen LogP contribution in [0, 0.1) is 0 Å². The number of ether oxygens (including phenoxy) is 2. The second kappa shape index (κ2) is 11.4. The lowest BCUT2D eigenvalue weighted by Crippen LogP contribution is -2.34. The number of amides is 3. The van der Waals surface area contributed by atoms with E-state index in [1.54, 1.807) is 18.2 Å². The minimum Gasteiger partial charge on any atom is -0.493 e. The molecule has 8 nitrogen and oxygen atoms in total. The molecule has 0 spiro atoms. The summed E-state index contributed by atoms with van der Waals surface area (Å²) >= 11 is 6.20. The van der Waals surface area contributed by atoms with Crippen LogP contribution in [0.15, 0.2) is 36.4 Å². The average Bonchev–Trinajstić information content (AvgIpc) is 2.72. The van der Waals surface area contributed by atoms with Gasteiger partial charge in [0, 0.05) is 23.2 Å². The third-order valence-electron chi connectivity index (χ3n) is 4.13. The Morgan fingerprint density at radius 2 is 1.50 bits per heavy atom. The molecule has 9 heteroatoms. The second-order valence-electron chi connectivity index (χ2n) is 7.65. The van der Waals surface area contributed by atoms with Crippen molar-refractivity contribution < 1.29 is 23.9 Å². The van der Waals surface area contributed by atoms with Gasteiger partial charge in [-0.2, -0.15) is 0 Å². The molecule has 0 aliphatic carbocycles. The van der Waals surface area contributed by atoms with Crippen molar-refractivity contribution in [2.24, 2.45) is 0 Å². The lowest BCUT2D eigenvalue weighted by atomic mass is 10.1. The zero-order valence-electron chi connectivity index (χ0n) is 18.7. The van der Waals surface area contributed by atoms with Gasteiger partial charge in [0.05, 0.1) is 17.8 Å². The Hall–Kier alpha value is -3.26. The summed E-state index contributed by atoms with van der Waals surface area (Å²) < 4.78 is 10.8. The van der Waals surface area contributed by atoms with Gasteiger partial charge in [0.2, 0.25) is 0 Å². The number of hydrogen-bond acceptors (Lipinski definition) is 5. The Bertz CT molecular complexity index is 992. The van der Waals surface area contributed by atoms with Crippen LogP contribution in [0.1, 0.15) is 48.4 Å². The highest BCUT2D eigenvalue weighted by Gasteiger charge is 2.16. The molecule has 0 heterocycles. The quantitative estimate of drug-likeness (QED) is 0.528. The first-order chi connectivity index (χ1) is 15.1. The summed E-state index contributed by atoms with van der Waals surface area (Å²) in [5, 5.41) is 8.51. The first kappa shape index (κ1) is 25.0. The van der Waals surface area contributed by atoms with Crippen molar-refractivity contribution in [2.45, 2.75) is 39.8 Å². The predicted octanol–water partition coefficient (Wildman–Crippen LogP) is 3.64. The van der Waals surface area contributed by atoms with Crippen molar-refractivity contribution in [2.75, 3.05) is 19.0 Å². The molecule has 0 aliphatic rings. The summed E-state index contributed by atoms with van der Waals surface area (Å²) in [6.45, 7) is 7.23. The average molecular weight is 462 g/mol. The molecule has 2 aromatic carbocycles. The van der Waals surface area contributed by atoms with Crippen LogP contribution in [-0.4, -0.2) is 43.5 Å². The first-order valence-electron chi connectivity index (χ1n) is 10.1. The molecular weight excluding hydrogens is 434 g/mol. The summed E-state index contributed by atoms with van der Waals surface area (Å²) in [4.78, 5) is 36.8. The highest BCUT2D eigenvalue weighted by molar-refractivity contribution is 6.34. The summed E-state index contributed by atoms with van der Waals surface area (Å²) in [5.74, 6) is -0.355. The van der Waals surface area contributed by atoms with Crippen molar-refractivity contribution in [1.29, 1.82) is 0 Å². The first-order valence-corrected chi connectivity index (χ1v) is 10.5. The van der Waals surface area contributed by atoms with Crippen molar-refractivity contribution in [3.8, 4) is 11.5 Å². The van der Waals surface area contributed by atoms with Gasteiger partial charge in [0.1, 0.15) is 0 Å². The number of hydrogen-bond donors (Lipinski definition) is 3. The number of benzene rings is 2. The molecule has 32 heavy (non-hydrogen) atoms. The van der Waals surface area contributed by atoms with E-state index in [4.69, 9.17) is 21.1 Å². The molecule has 0 aromatic heterocycles. The minimum absolute atomic E-state index is 0.000780. The zero-order chi connectivity index (χ0) is 23.8. The minimum atomic E-state index is -0.448. The Balaban J connectivity index is 2.15. The maximum atomic E-state index is 12.8. The molecule has 0 atom stereocenters. The molecule has 0 aliphatic heterocycles. The molecule has 3 amide bonds. The van der Waals surface area contributed by atoms with Gasteiger partial charge in [-0.15, -0.1) is 0 Å². The molecule has 2 rings (SSSR count). The molecule has 0 saturated heterocycles. The van der Waals surface area contributed by atoms with Crippen LogP contribution < -0.4 is 25.4 Å². The molecule has 0 unspecified atom stereocenters. The highest BCUT2D eigenvalue weighted by atomic mass is 35.5. The maximum absolute atomic E-state index is 12.8. The number of halogens is 1. The lowest BCUT2D eigenvalue weighted by molar-refractivity contribution is -0.123. The lowest BCUT2D eigenvalue weighted by Gasteiger charge is -2.14. The van der Waals surface area contributed by atoms with E-state index in [1.807, 2.05) is 27.7 Å². The van der Waals surface area contributed by atoms with Gasteiger partial charge in [-0.25, -0.2) is 0 Å². The summed E-state index contributed by atoms with van der Waals surface area (Å²) in [6, 6.07) is 9.20. The van der Waals surface area contributed by atoms with E-state index < -0.39 is 5.91 Å². The molecule has 0 bridgehead atoms. The van der Waals surface area contributed by atoms with Crippen LogP contribution >= 0.6 is 11.6 Å². The Morgan fingerprint density at radius 1 is 0.875 bits per heavy atom. The number of carbonyl (C=O) groups excluding carboxylic acids is 3. The van der Waals surface area contributed by atoms with Crippen LogP contribution in [0.3, 0.4) is 0 Å². The summed E-state index contributed by atoms with van der Waals surface area (Å²) in [7, 11) is 1.44. The maximum Gasteiger partial charge on any atom is 0.258 e. The molecule has 3 N–H and O–H groups in total. The predicted molar refractivity (Wildman–Crippen MR) is 124 cm³/mol. The number of carbonyl (C=O) groups is 3. The van der Waals surface area contributed by atoms with E-state index in [0.29, 0.717) is 27.8 Å². The number of nitrogens with one attached hydrogen (secondary N) is 3. The third kappa shape index (κ3) is 7.16. The molecule has 0 radical (unpaired) electrons. The SMILES string of the molecule is COc1cc(C(=O)Nc2cc(C(=O)NC(C)C)ccc2Cl)ccc1OCC(=O)NC(C)C. The van der Waals surface area contributed by atoms with Gasteiger partial charge in [0.25, 0.3) is 17.7 Å². The number of methoxy groups -OCH3 is 1. The monoisotopic (exact) mass is 461 g/mol. The fraction of sp³-hybridized carbons (Fsp3) is 0.348. The smallest absolute Gasteiger partial charge is 0.258 e. The summed E-state index contributed by atoms with van der Waals surface area (Å²) in [5.41, 5.74) is 0.964. The van der Waals surface area contributed by atoms with Crippen LogP contribution in [0.25, 0.3) is 0 Å². The van der Waals surface area contributed by atoms with E-state index in [0.717, 1.165) is 0 Å². The highest BCUT2D eigenvalue weighted by Crippen LogP contribution is 2.29. The van der Waals surface area contributed by atoms with Gasteiger partial charge in [-0.3, -0.25) is 14.4 Å². The summed E-state index contributed by atoms with van der Waals surface area (Å²) in [6.07, 6.45) is 0. The van der Waals surface area contributed by atoms with E-state index in [2.05, 4.69) is 16.0 Å². The van der Waals surface area contributed by atoms with Gasteiger partial charge >= 0.3 is 0 Å². The van der Waals surface area contributed by atoms with Crippen molar-refractivity contribution >= 4 is 35.0 Å². The van der Waals surface area contributed by atoms with Gasteiger partial charge in [-0.1, -0.05) is 11.6 Å². The Kier molecular flexibility index (Phi) is 8.90. The molecule has 172 valence electrons. The van der Waals surface area contributed by atoms with E-state index >= 15 is 0 Å². The fourth-order valence-corrected chi connectivity index (χ4v) is 2.90. The van der Waals surface area contributed by atoms with E-state index in [-0.39, 0.29) is 36.1 Å². The third-order valence-corrected chi connectivity index (χ3v) is 4.46. The second-order valence-corrected chi connectivity index (χ2v) is 8.06. The van der Waals surface area contributed by atoms with Gasteiger partial charge < -0.3 is 25.4 Å². The topological polar surface area (TPSA) is 106 Å². The van der Waals surface area contributed by atoms with Crippen LogP contribution in [-0.2, 0) is 4.79 Å². The van der Waals surface area contributed by atoms with E-state index in [1.165, 1.54) is 25.3 Å². The molecule has 0 saturated carbocycles. The van der Waals surface area contributed by atoms with Crippen molar-refractivity contribution in [3.63, 3.8) is 0 Å². The van der Waals surface area contributed by atoms with Gasteiger partial charge in [0.15, 0.2) is 18.1 Å². The Labute approximate surface area is 192 Å². The zero-order valence-corrected chi connectivity index (χ0v) is 19.5. The number of anilines is 1. The van der Waals surface area contributed by atoms with Crippen LogP contribution in [0.2, 0.25) is 5.02 Å². The normalized spacial score (nSPS) is 10.6. The largest absolute Gasteiger partial charge is 0.493 e. The molecular formula is C23H28ClN3O5. The molecule has 0 fully saturated rings. The van der Waals surface area contributed by atoms with Gasteiger partial charge in [-0.05, 0) is 64.1 Å². The van der Waals surface area contributed by atoms with Crippen LogP contribution in [0.4, 0.5) is 5.69 Å². The number of rotatable bonds is 9. The van der Waals surface area contributed by atoms with Crippen molar-refractivity contribution in [1.82, 2.24) is 10.6 Å². The fourth-order valence-electron chi connectivity index (χ4n) is 2.74. The van der Waals surface area contributed by atoms with Crippen LogP contribution in [0.5, 0.6) is 11.5 Å². The molecule has 2 aromatic rings. The standard InChI is InChI=1S/C23H28ClN3O5/c1-13(2)25-21(28)12-32-19-9-7-16(11-20(19)31-5)23(30)27-18-10-15(6-8-17(18)24)22(29)26-14(3)4/h6-11,13-14H,12H2,1-5H3,(H,25,28)(H,26,29)(H,27,30). The van der Waals surface area contributed by atoms with Crippen molar-refractivity contribution in [3.05, 3.63) is 52.5 Å². The Morgan fingerprint density at radius 3 is 2.12 bits per heavy atom.